The van der Waals surface area contributed by atoms with Gasteiger partial charge in [-0.1, -0.05) is 60.7 Å². The molecule has 2 aliphatic rings. The zero-order valence-corrected chi connectivity index (χ0v) is 25.1. The molecule has 3 atom stereocenters. The van der Waals surface area contributed by atoms with Crippen molar-refractivity contribution in [3.05, 3.63) is 106 Å². The van der Waals surface area contributed by atoms with Gasteiger partial charge in [0.25, 0.3) is 0 Å². The van der Waals surface area contributed by atoms with E-state index >= 15 is 0 Å². The predicted octanol–water partition coefficient (Wildman–Crippen LogP) is 4.52. The monoisotopic (exact) mass is 599 g/mol. The topological polar surface area (TPSA) is 121 Å². The number of aromatic nitrogens is 2. The number of urea groups is 1. The third-order valence-corrected chi connectivity index (χ3v) is 8.67. The minimum atomic E-state index is -0.538. The molecule has 2 saturated heterocycles. The van der Waals surface area contributed by atoms with Crippen molar-refractivity contribution in [2.75, 3.05) is 26.2 Å². The van der Waals surface area contributed by atoms with Gasteiger partial charge in [0.15, 0.2) is 6.29 Å². The molecule has 6 rings (SSSR count). The number of aromatic amines is 1. The van der Waals surface area contributed by atoms with Crippen LogP contribution in [0.3, 0.4) is 0 Å². The molecule has 10 heteroatoms. The number of hydrogen-bond acceptors (Lipinski definition) is 6. The van der Waals surface area contributed by atoms with Crippen molar-refractivity contribution in [1.82, 2.24) is 25.1 Å². The van der Waals surface area contributed by atoms with Gasteiger partial charge in [-0.15, -0.1) is 0 Å². The van der Waals surface area contributed by atoms with Gasteiger partial charge < -0.3 is 35.1 Å². The first-order valence-corrected chi connectivity index (χ1v) is 15.5. The van der Waals surface area contributed by atoms with E-state index in [4.69, 9.17) is 9.47 Å². The largest absolute Gasteiger partial charge is 0.392 e. The molecule has 1 aromatic heterocycles. The third kappa shape index (κ3) is 6.89. The SMILES string of the molecule is CCNC(=O)NCc1ccc(C2OC(CN3CCC(n4c(=O)[nH]c5ccccc54)CC3)CC(c3ccc(CO)cc3)O2)cc1. The lowest BCUT2D eigenvalue weighted by Gasteiger charge is -2.40. The number of benzene rings is 3. The number of imidazole rings is 1. The van der Waals surface area contributed by atoms with E-state index in [9.17, 15) is 14.7 Å². The van der Waals surface area contributed by atoms with Crippen LogP contribution >= 0.6 is 0 Å². The van der Waals surface area contributed by atoms with Crippen LogP contribution in [-0.2, 0) is 22.6 Å². The van der Waals surface area contributed by atoms with E-state index in [0.29, 0.717) is 19.5 Å². The molecule has 0 bridgehead atoms. The van der Waals surface area contributed by atoms with Gasteiger partial charge in [-0.05, 0) is 48.6 Å². The number of rotatable bonds is 9. The standard InChI is InChI=1S/C34H41N5O5/c1-2-35-33(41)36-20-23-7-13-26(14-8-23)32-43-28(19-31(44-32)25-11-9-24(22-40)10-12-25)21-38-17-15-27(16-18-38)39-30-6-4-3-5-29(30)37-34(39)42/h3-14,27-28,31-32,40H,2,15-22H2,1H3,(H,37,42)(H2,35,36,41). The number of nitrogens with zero attached hydrogens (tertiary/aromatic N) is 2. The number of para-hydroxylation sites is 2. The zero-order chi connectivity index (χ0) is 30.5. The van der Waals surface area contributed by atoms with Crippen molar-refractivity contribution < 1.29 is 19.4 Å². The highest BCUT2D eigenvalue weighted by Gasteiger charge is 2.34. The number of piperidine rings is 1. The number of nitrogens with one attached hydrogen (secondary N) is 3. The first kappa shape index (κ1) is 30.1. The maximum atomic E-state index is 12.8. The number of aliphatic hydroxyl groups is 1. The second-order valence-corrected chi connectivity index (χ2v) is 11.7. The molecular formula is C34H41N5O5. The summed E-state index contributed by atoms with van der Waals surface area (Å²) in [6, 6.07) is 23.7. The van der Waals surface area contributed by atoms with Crippen molar-refractivity contribution in [3.63, 3.8) is 0 Å². The number of carbonyl (C=O) groups is 1. The van der Waals surface area contributed by atoms with Gasteiger partial charge in [0.2, 0.25) is 0 Å². The second-order valence-electron chi connectivity index (χ2n) is 11.7. The molecule has 3 heterocycles. The molecule has 3 unspecified atom stereocenters. The van der Waals surface area contributed by atoms with Crippen LogP contribution in [-0.4, -0.2) is 57.9 Å². The number of hydrogen-bond donors (Lipinski definition) is 4. The predicted molar refractivity (Wildman–Crippen MR) is 168 cm³/mol. The summed E-state index contributed by atoms with van der Waals surface area (Å²) in [5, 5.41) is 15.1. The van der Waals surface area contributed by atoms with Crippen LogP contribution in [0.25, 0.3) is 11.0 Å². The maximum absolute atomic E-state index is 12.8. The van der Waals surface area contributed by atoms with Crippen LogP contribution in [0.2, 0.25) is 0 Å². The van der Waals surface area contributed by atoms with Crippen LogP contribution in [0.4, 0.5) is 4.79 Å². The first-order chi connectivity index (χ1) is 21.5. The summed E-state index contributed by atoms with van der Waals surface area (Å²) < 4.78 is 15.0. The summed E-state index contributed by atoms with van der Waals surface area (Å²) >= 11 is 0. The molecule has 44 heavy (non-hydrogen) atoms. The first-order valence-electron chi connectivity index (χ1n) is 15.5. The number of H-pyrrole nitrogens is 1. The molecule has 10 nitrogen and oxygen atoms in total. The Hall–Kier alpha value is -3.96. The minimum Gasteiger partial charge on any atom is -0.392 e. The quantitative estimate of drug-likeness (QED) is 0.225. The molecule has 232 valence electrons. The summed E-state index contributed by atoms with van der Waals surface area (Å²) in [6.45, 7) is 5.43. The Morgan fingerprint density at radius 3 is 2.36 bits per heavy atom. The van der Waals surface area contributed by atoms with Crippen molar-refractivity contribution in [2.24, 2.45) is 0 Å². The zero-order valence-electron chi connectivity index (χ0n) is 25.1. The number of aliphatic hydroxyl groups excluding tert-OH is 1. The lowest BCUT2D eigenvalue weighted by molar-refractivity contribution is -0.253. The summed E-state index contributed by atoms with van der Waals surface area (Å²) in [4.78, 5) is 30.0. The van der Waals surface area contributed by atoms with Gasteiger partial charge in [-0.25, -0.2) is 9.59 Å². The van der Waals surface area contributed by atoms with Crippen LogP contribution < -0.4 is 16.3 Å². The van der Waals surface area contributed by atoms with E-state index in [0.717, 1.165) is 65.8 Å². The highest BCUT2D eigenvalue weighted by Crippen LogP contribution is 2.38. The Morgan fingerprint density at radius 1 is 0.932 bits per heavy atom. The number of amides is 2. The van der Waals surface area contributed by atoms with Gasteiger partial charge in [0.05, 0.1) is 29.8 Å². The normalized spacial score (nSPS) is 21.4. The van der Waals surface area contributed by atoms with Gasteiger partial charge >= 0.3 is 11.7 Å². The van der Waals surface area contributed by atoms with Gasteiger partial charge in [0, 0.05) is 50.7 Å². The maximum Gasteiger partial charge on any atom is 0.326 e. The second kappa shape index (κ2) is 13.8. The molecule has 2 fully saturated rings. The summed E-state index contributed by atoms with van der Waals surface area (Å²) in [5.74, 6) is 0. The number of likely N-dealkylation sites (tertiary alicyclic amines) is 1. The van der Waals surface area contributed by atoms with E-state index in [1.807, 2.05) is 84.3 Å². The molecule has 4 aromatic rings. The molecule has 2 aliphatic heterocycles. The van der Waals surface area contributed by atoms with Gasteiger partial charge in [-0.3, -0.25) is 4.57 Å². The minimum absolute atomic E-state index is 0.00209. The molecule has 0 saturated carbocycles. The summed E-state index contributed by atoms with van der Waals surface area (Å²) in [7, 11) is 0. The Labute approximate surface area is 257 Å². The van der Waals surface area contributed by atoms with Crippen molar-refractivity contribution in [3.8, 4) is 0 Å². The van der Waals surface area contributed by atoms with E-state index in [1.54, 1.807) is 0 Å². The molecule has 0 radical (unpaired) electrons. The van der Waals surface area contributed by atoms with Gasteiger partial charge in [-0.2, -0.15) is 0 Å². The van der Waals surface area contributed by atoms with Crippen LogP contribution in [0.15, 0.2) is 77.6 Å². The third-order valence-electron chi connectivity index (χ3n) is 8.67. The van der Waals surface area contributed by atoms with Crippen LogP contribution in [0.5, 0.6) is 0 Å². The van der Waals surface area contributed by atoms with Crippen molar-refractivity contribution in [2.45, 2.75) is 63.9 Å². The van der Waals surface area contributed by atoms with Crippen molar-refractivity contribution in [1.29, 1.82) is 0 Å². The molecule has 0 spiro atoms. The van der Waals surface area contributed by atoms with Gasteiger partial charge in [0.1, 0.15) is 0 Å². The van der Waals surface area contributed by atoms with Crippen LogP contribution in [0.1, 0.15) is 66.9 Å². The van der Waals surface area contributed by atoms with E-state index in [2.05, 4.69) is 20.5 Å². The fraction of sp³-hybridized carbons (Fsp3) is 0.412. The van der Waals surface area contributed by atoms with Crippen LogP contribution in [0, 0.1) is 0 Å². The van der Waals surface area contributed by atoms with E-state index < -0.39 is 6.29 Å². The molecular weight excluding hydrogens is 558 g/mol. The smallest absolute Gasteiger partial charge is 0.326 e. The summed E-state index contributed by atoms with van der Waals surface area (Å²) in [6.07, 6.45) is 1.75. The summed E-state index contributed by atoms with van der Waals surface area (Å²) in [5.41, 5.74) is 5.63. The highest BCUT2D eigenvalue weighted by molar-refractivity contribution is 5.75. The Morgan fingerprint density at radius 2 is 1.64 bits per heavy atom. The average Bonchev–Trinajstić information content (AvgIpc) is 3.40. The highest BCUT2D eigenvalue weighted by atomic mass is 16.7. The molecule has 3 aromatic carbocycles. The number of ether oxygens (including phenoxy) is 2. The number of carbonyl (C=O) groups excluding carboxylic acids is 1. The lowest BCUT2D eigenvalue weighted by atomic mass is 9.98. The van der Waals surface area contributed by atoms with E-state index in [1.165, 1.54) is 0 Å². The Bertz CT molecular complexity index is 1590. The number of fused-ring (bicyclic) bond motifs is 1. The van der Waals surface area contributed by atoms with Crippen molar-refractivity contribution >= 4 is 17.1 Å². The average molecular weight is 600 g/mol. The fourth-order valence-corrected chi connectivity index (χ4v) is 6.32. The molecule has 4 N–H and O–H groups in total. The lowest BCUT2D eigenvalue weighted by Crippen LogP contribution is -2.43. The molecule has 2 amide bonds. The fourth-order valence-electron chi connectivity index (χ4n) is 6.32. The Balaban J connectivity index is 1.13. The molecule has 0 aliphatic carbocycles. The Kier molecular flexibility index (Phi) is 9.42. The van der Waals surface area contributed by atoms with E-state index in [-0.39, 0.29) is 36.6 Å².